The van der Waals surface area contributed by atoms with Gasteiger partial charge in [-0.1, -0.05) is 13.8 Å². The molecule has 1 saturated carbocycles. The van der Waals surface area contributed by atoms with Crippen LogP contribution in [0.3, 0.4) is 0 Å². The molecule has 0 amide bonds. The summed E-state index contributed by atoms with van der Waals surface area (Å²) in [7, 11) is 0. The quantitative estimate of drug-likeness (QED) is 0.425. The van der Waals surface area contributed by atoms with E-state index in [0.29, 0.717) is 11.5 Å². The van der Waals surface area contributed by atoms with Crippen LogP contribution < -0.4 is 10.6 Å². The van der Waals surface area contributed by atoms with E-state index in [-0.39, 0.29) is 24.0 Å². The summed E-state index contributed by atoms with van der Waals surface area (Å²) in [6.45, 7) is 9.22. The first kappa shape index (κ1) is 18.5. The molecule has 2 aliphatic rings. The first-order valence-corrected chi connectivity index (χ1v) is 8.59. The molecule has 6 nitrogen and oxygen atoms in total. The lowest BCUT2D eigenvalue weighted by Gasteiger charge is -2.25. The van der Waals surface area contributed by atoms with E-state index >= 15 is 0 Å². The molecule has 1 aromatic rings. The number of guanidine groups is 1. The Balaban J connectivity index is 0.00000192. The lowest BCUT2D eigenvalue weighted by molar-refractivity contribution is 0.391. The number of hydrogen-bond acceptors (Lipinski definition) is 3. The van der Waals surface area contributed by atoms with Gasteiger partial charge in [-0.2, -0.15) is 5.10 Å². The van der Waals surface area contributed by atoms with Crippen molar-refractivity contribution in [1.82, 2.24) is 25.4 Å². The lowest BCUT2D eigenvalue weighted by Crippen LogP contribution is -2.47. The van der Waals surface area contributed by atoms with E-state index in [2.05, 4.69) is 46.2 Å². The highest BCUT2D eigenvalue weighted by molar-refractivity contribution is 14.0. The third kappa shape index (κ3) is 4.81. The Morgan fingerprint density at radius 3 is 2.83 bits per heavy atom. The average Bonchev–Trinajstić information content (AvgIpc) is 3.10. The standard InChI is InChI=1S/C16H28N6.HI/c1-4-13-20-14-7-6-12(10-22(14)21-13)19-15(17-5-2)18-11-16(3)8-9-16;/h12H,4-11H2,1-3H3,(H2,17,18,19);1H. The van der Waals surface area contributed by atoms with Crippen LogP contribution >= 0.6 is 24.0 Å². The average molecular weight is 432 g/mol. The molecule has 1 aliphatic heterocycles. The summed E-state index contributed by atoms with van der Waals surface area (Å²) in [5.41, 5.74) is 0.448. The third-order valence-electron chi connectivity index (χ3n) is 4.63. The SMILES string of the molecule is CCNC(=NCC1(C)CC1)NC1CCc2nc(CC)nn2C1.I. The fourth-order valence-corrected chi connectivity index (χ4v) is 2.78. The lowest BCUT2D eigenvalue weighted by atomic mass is 10.1. The van der Waals surface area contributed by atoms with Gasteiger partial charge in [-0.05, 0) is 31.6 Å². The second-order valence-corrected chi connectivity index (χ2v) is 6.87. The van der Waals surface area contributed by atoms with E-state index in [1.165, 1.54) is 12.8 Å². The highest BCUT2D eigenvalue weighted by Crippen LogP contribution is 2.44. The molecule has 1 atom stereocenters. The van der Waals surface area contributed by atoms with Gasteiger partial charge in [0.15, 0.2) is 11.8 Å². The molecule has 0 aromatic carbocycles. The monoisotopic (exact) mass is 432 g/mol. The number of nitrogens with zero attached hydrogens (tertiary/aromatic N) is 4. The molecule has 2 N–H and O–H groups in total. The van der Waals surface area contributed by atoms with E-state index in [1.54, 1.807) is 0 Å². The molecule has 23 heavy (non-hydrogen) atoms. The normalized spacial score (nSPS) is 22.0. The van der Waals surface area contributed by atoms with Crippen LogP contribution in [-0.2, 0) is 19.4 Å². The predicted molar refractivity (Wildman–Crippen MR) is 103 cm³/mol. The summed E-state index contributed by atoms with van der Waals surface area (Å²) in [6.07, 6.45) is 5.59. The van der Waals surface area contributed by atoms with Gasteiger partial charge < -0.3 is 10.6 Å². The number of aliphatic imine (C=N–C) groups is 1. The zero-order chi connectivity index (χ0) is 15.6. The maximum atomic E-state index is 4.77. The Morgan fingerprint density at radius 2 is 2.17 bits per heavy atom. The summed E-state index contributed by atoms with van der Waals surface area (Å²) in [5, 5.41) is 11.5. The molecule has 1 aliphatic carbocycles. The molecule has 1 fully saturated rings. The van der Waals surface area contributed by atoms with Gasteiger partial charge in [0, 0.05) is 32.0 Å². The molecule has 1 unspecified atom stereocenters. The molecular weight excluding hydrogens is 403 g/mol. The third-order valence-corrected chi connectivity index (χ3v) is 4.63. The van der Waals surface area contributed by atoms with E-state index < -0.39 is 0 Å². The largest absolute Gasteiger partial charge is 0.357 e. The maximum absolute atomic E-state index is 4.77. The number of aromatic nitrogens is 3. The van der Waals surface area contributed by atoms with Crippen LogP contribution in [0, 0.1) is 5.41 Å². The molecule has 1 aromatic heterocycles. The van der Waals surface area contributed by atoms with Crippen LogP contribution in [0.1, 0.15) is 51.7 Å². The smallest absolute Gasteiger partial charge is 0.191 e. The van der Waals surface area contributed by atoms with Gasteiger partial charge in [-0.15, -0.1) is 24.0 Å². The molecule has 0 bridgehead atoms. The van der Waals surface area contributed by atoms with Crippen molar-refractivity contribution in [2.45, 2.75) is 65.5 Å². The van der Waals surface area contributed by atoms with Crippen molar-refractivity contribution in [2.24, 2.45) is 10.4 Å². The van der Waals surface area contributed by atoms with Crippen molar-refractivity contribution in [3.63, 3.8) is 0 Å². The number of hydrogen-bond donors (Lipinski definition) is 2. The second kappa shape index (κ2) is 7.81. The van der Waals surface area contributed by atoms with Crippen molar-refractivity contribution >= 4 is 29.9 Å². The highest BCUT2D eigenvalue weighted by Gasteiger charge is 2.37. The number of rotatable bonds is 5. The minimum atomic E-state index is 0. The fraction of sp³-hybridized carbons (Fsp3) is 0.812. The molecule has 7 heteroatoms. The van der Waals surface area contributed by atoms with Gasteiger partial charge in [0.2, 0.25) is 0 Å². The first-order chi connectivity index (χ1) is 10.6. The van der Waals surface area contributed by atoms with Crippen molar-refractivity contribution in [1.29, 1.82) is 0 Å². The fourth-order valence-electron chi connectivity index (χ4n) is 2.78. The Labute approximate surface area is 155 Å². The van der Waals surface area contributed by atoms with Gasteiger partial charge >= 0.3 is 0 Å². The molecular formula is C16H29IN6. The van der Waals surface area contributed by atoms with Crippen molar-refractivity contribution < 1.29 is 0 Å². The van der Waals surface area contributed by atoms with Crippen LogP contribution in [0.25, 0.3) is 0 Å². The van der Waals surface area contributed by atoms with Crippen LogP contribution in [0.4, 0.5) is 0 Å². The Bertz CT molecular complexity index is 549. The van der Waals surface area contributed by atoms with Crippen LogP contribution in [0.15, 0.2) is 4.99 Å². The predicted octanol–water partition coefficient (Wildman–Crippen LogP) is 2.13. The second-order valence-electron chi connectivity index (χ2n) is 6.87. The van der Waals surface area contributed by atoms with Gasteiger partial charge in [-0.3, -0.25) is 4.99 Å². The summed E-state index contributed by atoms with van der Waals surface area (Å²) in [6, 6.07) is 0.378. The van der Waals surface area contributed by atoms with E-state index in [4.69, 9.17) is 4.99 Å². The van der Waals surface area contributed by atoms with Crippen molar-refractivity contribution in [3.8, 4) is 0 Å². The minimum Gasteiger partial charge on any atom is -0.357 e. The molecule has 0 radical (unpaired) electrons. The van der Waals surface area contributed by atoms with Crippen LogP contribution in [0.2, 0.25) is 0 Å². The molecule has 3 rings (SSSR count). The molecule has 130 valence electrons. The molecule has 2 heterocycles. The molecule has 0 saturated heterocycles. The van der Waals surface area contributed by atoms with Crippen LogP contribution in [0.5, 0.6) is 0 Å². The van der Waals surface area contributed by atoms with Crippen molar-refractivity contribution in [2.75, 3.05) is 13.1 Å². The zero-order valence-corrected chi connectivity index (χ0v) is 16.8. The highest BCUT2D eigenvalue weighted by atomic mass is 127. The van der Waals surface area contributed by atoms with Crippen molar-refractivity contribution in [3.05, 3.63) is 11.6 Å². The Hall–Kier alpha value is -0.860. The van der Waals surface area contributed by atoms with Gasteiger partial charge in [-0.25, -0.2) is 9.67 Å². The molecule has 0 spiro atoms. The summed E-state index contributed by atoms with van der Waals surface area (Å²) in [5.74, 6) is 3.03. The Morgan fingerprint density at radius 1 is 1.39 bits per heavy atom. The summed E-state index contributed by atoms with van der Waals surface area (Å²) >= 11 is 0. The zero-order valence-electron chi connectivity index (χ0n) is 14.4. The summed E-state index contributed by atoms with van der Waals surface area (Å²) < 4.78 is 2.06. The van der Waals surface area contributed by atoms with Gasteiger partial charge in [0.25, 0.3) is 0 Å². The van der Waals surface area contributed by atoms with E-state index in [1.807, 2.05) is 0 Å². The number of fused-ring (bicyclic) bond motifs is 1. The maximum Gasteiger partial charge on any atom is 0.191 e. The van der Waals surface area contributed by atoms with Gasteiger partial charge in [0.05, 0.1) is 6.54 Å². The number of halogens is 1. The first-order valence-electron chi connectivity index (χ1n) is 8.59. The van der Waals surface area contributed by atoms with E-state index in [9.17, 15) is 0 Å². The number of nitrogens with one attached hydrogen (secondary N) is 2. The Kier molecular flexibility index (Phi) is 6.27. The minimum absolute atomic E-state index is 0. The topological polar surface area (TPSA) is 67.1 Å². The van der Waals surface area contributed by atoms with Gasteiger partial charge in [0.1, 0.15) is 5.82 Å². The summed E-state index contributed by atoms with van der Waals surface area (Å²) in [4.78, 5) is 9.34. The van der Waals surface area contributed by atoms with E-state index in [0.717, 1.165) is 56.5 Å². The van der Waals surface area contributed by atoms with Crippen LogP contribution in [-0.4, -0.2) is 39.9 Å². The number of aryl methyl sites for hydroxylation is 2.